The molecule has 0 saturated carbocycles. The maximum Gasteiger partial charge on any atom is 0.221 e. The molecule has 3 aromatic heterocycles. The van der Waals surface area contributed by atoms with Crippen molar-refractivity contribution in [3.63, 3.8) is 0 Å². The highest BCUT2D eigenvalue weighted by Gasteiger charge is 2.12. The largest absolute Gasteiger partial charge is 0.448 e. The Kier molecular flexibility index (Phi) is 3.86. The van der Waals surface area contributed by atoms with Gasteiger partial charge in [0.1, 0.15) is 18.4 Å². The summed E-state index contributed by atoms with van der Waals surface area (Å²) in [5.74, 6) is 0.602. The fraction of sp³-hybridized carbons (Fsp3) is 0. The van der Waals surface area contributed by atoms with E-state index in [1.165, 1.54) is 29.1 Å². The van der Waals surface area contributed by atoms with Crippen molar-refractivity contribution in [2.24, 2.45) is 5.10 Å². The fourth-order valence-corrected chi connectivity index (χ4v) is 2.66. The first-order valence-electron chi connectivity index (χ1n) is 6.89. The number of hydrogen-bond donors (Lipinski definition) is 0. The normalized spacial score (nSPS) is 11.3. The molecule has 0 N–H and O–H groups in total. The topological polar surface area (TPSA) is 99.8 Å². The van der Waals surface area contributed by atoms with Gasteiger partial charge in [-0.3, -0.25) is 0 Å². The van der Waals surface area contributed by atoms with E-state index in [4.69, 9.17) is 4.42 Å². The van der Waals surface area contributed by atoms with E-state index in [0.717, 1.165) is 5.69 Å². The lowest BCUT2D eigenvalue weighted by molar-refractivity contribution is 0.467. The number of hydrogen-bond acceptors (Lipinski definition) is 8. The van der Waals surface area contributed by atoms with Gasteiger partial charge in [-0.15, -0.1) is 15.3 Å². The first-order valence-corrected chi connectivity index (χ1v) is 7.70. The SMILES string of the molecule is C(=N/n1cnnc1)/c1ccc(Sc2nnnn2-c2ccccc2)o1. The first kappa shape index (κ1) is 14.3. The van der Waals surface area contributed by atoms with Crippen LogP contribution in [0.15, 0.2) is 74.9 Å². The molecule has 0 amide bonds. The van der Waals surface area contributed by atoms with E-state index in [2.05, 4.69) is 30.8 Å². The van der Waals surface area contributed by atoms with Crippen LogP contribution in [-0.2, 0) is 0 Å². The molecule has 0 saturated heterocycles. The van der Waals surface area contributed by atoms with E-state index in [1.807, 2.05) is 42.5 Å². The highest BCUT2D eigenvalue weighted by Crippen LogP contribution is 2.28. The number of para-hydroxylation sites is 1. The van der Waals surface area contributed by atoms with Gasteiger partial charge in [0.25, 0.3) is 0 Å². The third-order valence-corrected chi connectivity index (χ3v) is 3.82. The predicted octanol–water partition coefficient (Wildman–Crippen LogP) is 1.88. The van der Waals surface area contributed by atoms with Crippen LogP contribution in [0.25, 0.3) is 5.69 Å². The van der Waals surface area contributed by atoms with Gasteiger partial charge in [-0.2, -0.15) is 9.78 Å². The Bertz CT molecular complexity index is 944. The Morgan fingerprint density at radius 3 is 2.71 bits per heavy atom. The number of rotatable bonds is 5. The molecule has 0 aliphatic rings. The second kappa shape index (κ2) is 6.46. The molecular formula is C14H10N8OS. The van der Waals surface area contributed by atoms with Gasteiger partial charge in [0.05, 0.1) is 11.9 Å². The van der Waals surface area contributed by atoms with Crippen LogP contribution in [0, 0.1) is 0 Å². The molecule has 0 spiro atoms. The molecule has 3 heterocycles. The van der Waals surface area contributed by atoms with E-state index in [9.17, 15) is 0 Å². The summed E-state index contributed by atoms with van der Waals surface area (Å²) in [6.45, 7) is 0. The number of aromatic nitrogens is 7. The lowest BCUT2D eigenvalue weighted by atomic mass is 10.3. The maximum absolute atomic E-state index is 5.70. The van der Waals surface area contributed by atoms with Gasteiger partial charge in [0, 0.05) is 0 Å². The van der Waals surface area contributed by atoms with Crippen LogP contribution in [0.5, 0.6) is 0 Å². The summed E-state index contributed by atoms with van der Waals surface area (Å²) in [5.41, 5.74) is 0.881. The Morgan fingerprint density at radius 1 is 1.04 bits per heavy atom. The molecule has 0 radical (unpaired) electrons. The number of nitrogens with zero attached hydrogens (tertiary/aromatic N) is 8. The average molecular weight is 338 g/mol. The molecule has 10 heteroatoms. The third kappa shape index (κ3) is 3.08. The molecular weight excluding hydrogens is 328 g/mol. The Balaban J connectivity index is 1.52. The summed E-state index contributed by atoms with van der Waals surface area (Å²) in [6, 6.07) is 13.3. The van der Waals surface area contributed by atoms with Crippen molar-refractivity contribution in [1.29, 1.82) is 0 Å². The summed E-state index contributed by atoms with van der Waals surface area (Å²) in [7, 11) is 0. The van der Waals surface area contributed by atoms with Gasteiger partial charge < -0.3 is 4.42 Å². The Hall–Kier alpha value is -3.27. The molecule has 4 aromatic rings. The van der Waals surface area contributed by atoms with Gasteiger partial charge in [0.15, 0.2) is 5.09 Å². The van der Waals surface area contributed by atoms with Crippen LogP contribution in [0.4, 0.5) is 0 Å². The highest BCUT2D eigenvalue weighted by molar-refractivity contribution is 7.99. The zero-order valence-electron chi connectivity index (χ0n) is 12.2. The molecule has 1 aromatic carbocycles. The molecule has 118 valence electrons. The van der Waals surface area contributed by atoms with Gasteiger partial charge in [-0.25, -0.2) is 4.68 Å². The van der Waals surface area contributed by atoms with E-state index in [1.54, 1.807) is 10.9 Å². The summed E-state index contributed by atoms with van der Waals surface area (Å²) in [5, 5.41) is 24.5. The minimum absolute atomic E-state index is 0.602. The van der Waals surface area contributed by atoms with Crippen molar-refractivity contribution >= 4 is 18.0 Å². The number of tetrazole rings is 1. The van der Waals surface area contributed by atoms with E-state index < -0.39 is 0 Å². The summed E-state index contributed by atoms with van der Waals surface area (Å²) >= 11 is 1.33. The third-order valence-electron chi connectivity index (χ3n) is 2.96. The molecule has 0 fully saturated rings. The Labute approximate surface area is 140 Å². The van der Waals surface area contributed by atoms with Gasteiger partial charge >= 0.3 is 0 Å². The molecule has 4 rings (SSSR count). The molecule has 0 aliphatic carbocycles. The van der Waals surface area contributed by atoms with Crippen LogP contribution in [0.2, 0.25) is 0 Å². The first-order chi connectivity index (χ1) is 11.9. The molecule has 9 nitrogen and oxygen atoms in total. The van der Waals surface area contributed by atoms with E-state index in [-0.39, 0.29) is 0 Å². The highest BCUT2D eigenvalue weighted by atomic mass is 32.2. The second-order valence-corrected chi connectivity index (χ2v) is 5.53. The average Bonchev–Trinajstić information content (AvgIpc) is 3.36. The monoisotopic (exact) mass is 338 g/mol. The molecule has 0 unspecified atom stereocenters. The quantitative estimate of drug-likeness (QED) is 0.512. The standard InChI is InChI=1S/C14H10N8OS/c1-2-4-11(5-3-1)22-14(18-19-20-22)24-13-7-6-12(23-13)8-17-21-9-15-16-10-21/h1-10H/b17-8-. The van der Waals surface area contributed by atoms with Gasteiger partial charge in [0.2, 0.25) is 5.16 Å². The van der Waals surface area contributed by atoms with E-state index in [0.29, 0.717) is 16.0 Å². The van der Waals surface area contributed by atoms with Crippen molar-refractivity contribution in [3.8, 4) is 5.69 Å². The zero-order chi connectivity index (χ0) is 16.2. The summed E-state index contributed by atoms with van der Waals surface area (Å²) in [6.07, 6.45) is 4.56. The lowest BCUT2D eigenvalue weighted by Crippen LogP contribution is -1.97. The molecule has 0 aliphatic heterocycles. The molecule has 24 heavy (non-hydrogen) atoms. The second-order valence-electron chi connectivity index (χ2n) is 4.55. The van der Waals surface area contributed by atoms with Crippen LogP contribution < -0.4 is 0 Å². The summed E-state index contributed by atoms with van der Waals surface area (Å²) in [4.78, 5) is 0. The van der Waals surface area contributed by atoms with Gasteiger partial charge in [-0.05, 0) is 46.5 Å². The molecule has 0 atom stereocenters. The molecule has 0 bridgehead atoms. The minimum Gasteiger partial charge on any atom is -0.448 e. The zero-order valence-corrected chi connectivity index (χ0v) is 13.0. The van der Waals surface area contributed by atoms with Crippen molar-refractivity contribution < 1.29 is 4.42 Å². The van der Waals surface area contributed by atoms with Crippen LogP contribution in [0.3, 0.4) is 0 Å². The number of furan rings is 1. The summed E-state index contributed by atoms with van der Waals surface area (Å²) < 4.78 is 8.83. The lowest BCUT2D eigenvalue weighted by Gasteiger charge is -2.01. The van der Waals surface area contributed by atoms with Crippen molar-refractivity contribution in [2.75, 3.05) is 0 Å². The van der Waals surface area contributed by atoms with Gasteiger partial charge in [-0.1, -0.05) is 18.2 Å². The van der Waals surface area contributed by atoms with Crippen molar-refractivity contribution in [1.82, 2.24) is 35.1 Å². The smallest absolute Gasteiger partial charge is 0.221 e. The number of benzene rings is 1. The van der Waals surface area contributed by atoms with Crippen molar-refractivity contribution in [3.05, 3.63) is 60.9 Å². The maximum atomic E-state index is 5.70. The van der Waals surface area contributed by atoms with Crippen LogP contribution in [0.1, 0.15) is 5.76 Å². The van der Waals surface area contributed by atoms with Crippen LogP contribution >= 0.6 is 11.8 Å². The fourth-order valence-electron chi connectivity index (χ4n) is 1.90. The predicted molar refractivity (Wildman–Crippen MR) is 85.0 cm³/mol. The van der Waals surface area contributed by atoms with Crippen LogP contribution in [-0.4, -0.2) is 41.3 Å². The Morgan fingerprint density at radius 2 is 1.88 bits per heavy atom. The minimum atomic E-state index is 0.602. The van der Waals surface area contributed by atoms with Crippen molar-refractivity contribution in [2.45, 2.75) is 10.2 Å². The van der Waals surface area contributed by atoms with E-state index >= 15 is 0 Å².